The second-order valence-corrected chi connectivity index (χ2v) is 10.5. The molecule has 1 aromatic heterocycles. The van der Waals surface area contributed by atoms with Crippen LogP contribution in [-0.2, 0) is 5.60 Å². The number of pyridine rings is 1. The molecule has 0 aliphatic rings. The van der Waals surface area contributed by atoms with E-state index in [1.54, 1.807) is 7.11 Å². The van der Waals surface area contributed by atoms with Gasteiger partial charge in [0.1, 0.15) is 5.60 Å². The fraction of sp³-hybridized carbons (Fsp3) is 0.300. The topological polar surface area (TPSA) is 48.8 Å². The van der Waals surface area contributed by atoms with Crippen LogP contribution >= 0.6 is 15.9 Å². The Kier molecular flexibility index (Phi) is 8.42. The summed E-state index contributed by atoms with van der Waals surface area (Å²) in [5.74, 6) is 0.0951. The van der Waals surface area contributed by atoms with Crippen molar-refractivity contribution in [1.82, 2.24) is 14.8 Å². The number of nitrogens with zero attached hydrogens (tertiary/aromatic N) is 3. The van der Waals surface area contributed by atoms with E-state index in [9.17, 15) is 5.11 Å². The molecular formula is C30H34BrN3O2. The number of hydrogen-bond donors (Lipinski definition) is 1. The first-order chi connectivity index (χ1) is 17.3. The van der Waals surface area contributed by atoms with Crippen molar-refractivity contribution in [3.8, 4) is 5.88 Å². The standard InChI is InChI=1S/C30H34BrN3O2/c1-33(2)17-18-34(3)21-30(35,24-13-9-6-10-14-24)28(22-11-7-5-8-12-22)26-20-23-19-25(31)15-16-27(23)32-29(26)36-4/h5-16,19-20,28,35H,17-18,21H2,1-4H3. The first kappa shape index (κ1) is 26.3. The molecule has 3 aromatic carbocycles. The molecule has 1 N–H and O–H groups in total. The summed E-state index contributed by atoms with van der Waals surface area (Å²) in [4.78, 5) is 9.20. The fourth-order valence-electron chi connectivity index (χ4n) is 4.81. The maximum atomic E-state index is 12.8. The third-order valence-corrected chi connectivity index (χ3v) is 7.09. The third-order valence-electron chi connectivity index (χ3n) is 6.60. The van der Waals surface area contributed by atoms with E-state index in [2.05, 4.69) is 71.1 Å². The molecule has 0 saturated carbocycles. The summed E-state index contributed by atoms with van der Waals surface area (Å²) >= 11 is 3.59. The molecule has 6 heteroatoms. The van der Waals surface area contributed by atoms with Crippen LogP contribution in [0.25, 0.3) is 10.9 Å². The van der Waals surface area contributed by atoms with Gasteiger partial charge in [0.05, 0.1) is 12.6 Å². The zero-order valence-electron chi connectivity index (χ0n) is 21.4. The van der Waals surface area contributed by atoms with Gasteiger partial charge in [-0.1, -0.05) is 76.6 Å². The van der Waals surface area contributed by atoms with E-state index < -0.39 is 11.5 Å². The summed E-state index contributed by atoms with van der Waals surface area (Å²) in [6, 6.07) is 28.2. The Balaban J connectivity index is 1.95. The second-order valence-electron chi connectivity index (χ2n) is 9.60. The SMILES string of the molecule is COc1nc2ccc(Br)cc2cc1C(c1ccccc1)C(O)(CN(C)CCN(C)C)c1ccccc1. The summed E-state index contributed by atoms with van der Waals surface area (Å²) in [5, 5.41) is 13.8. The van der Waals surface area contributed by atoms with Crippen molar-refractivity contribution in [2.75, 3.05) is 47.9 Å². The van der Waals surface area contributed by atoms with Gasteiger partial charge in [0.2, 0.25) is 5.88 Å². The van der Waals surface area contributed by atoms with Gasteiger partial charge < -0.3 is 19.6 Å². The zero-order chi connectivity index (χ0) is 25.7. The Hall–Kier alpha value is -2.77. The second kappa shape index (κ2) is 11.5. The molecule has 188 valence electrons. The van der Waals surface area contributed by atoms with Crippen LogP contribution in [0, 0.1) is 0 Å². The highest BCUT2D eigenvalue weighted by molar-refractivity contribution is 9.10. The Morgan fingerprint density at radius 3 is 2.22 bits per heavy atom. The van der Waals surface area contributed by atoms with Crippen LogP contribution in [0.1, 0.15) is 22.6 Å². The van der Waals surface area contributed by atoms with Crippen molar-refractivity contribution in [1.29, 1.82) is 0 Å². The lowest BCUT2D eigenvalue weighted by Gasteiger charge is -2.40. The molecule has 36 heavy (non-hydrogen) atoms. The van der Waals surface area contributed by atoms with Gasteiger partial charge in [-0.3, -0.25) is 0 Å². The molecule has 0 bridgehead atoms. The number of fused-ring (bicyclic) bond motifs is 1. The summed E-state index contributed by atoms with van der Waals surface area (Å²) < 4.78 is 6.82. The van der Waals surface area contributed by atoms with Crippen LogP contribution in [0.5, 0.6) is 5.88 Å². The molecule has 2 unspecified atom stereocenters. The smallest absolute Gasteiger partial charge is 0.217 e. The third kappa shape index (κ3) is 5.79. The molecule has 4 aromatic rings. The summed E-state index contributed by atoms with van der Waals surface area (Å²) in [7, 11) is 7.83. The maximum absolute atomic E-state index is 12.8. The first-order valence-electron chi connectivity index (χ1n) is 12.1. The number of hydrogen-bond acceptors (Lipinski definition) is 5. The predicted octanol–water partition coefficient (Wildman–Crippen LogP) is 5.52. The summed E-state index contributed by atoms with van der Waals surface area (Å²) in [6.07, 6.45) is 0. The molecule has 1 heterocycles. The Bertz CT molecular complexity index is 1280. The van der Waals surface area contributed by atoms with Crippen molar-refractivity contribution in [3.05, 3.63) is 106 Å². The molecule has 4 rings (SSSR count). The van der Waals surface area contributed by atoms with Gasteiger partial charge in [0.15, 0.2) is 0 Å². The number of aliphatic hydroxyl groups is 1. The van der Waals surface area contributed by atoms with Crippen LogP contribution in [0.4, 0.5) is 0 Å². The molecule has 0 saturated heterocycles. The van der Waals surface area contributed by atoms with Crippen molar-refractivity contribution in [2.24, 2.45) is 0 Å². The van der Waals surface area contributed by atoms with E-state index in [0.29, 0.717) is 12.4 Å². The average Bonchev–Trinajstić information content (AvgIpc) is 2.88. The van der Waals surface area contributed by atoms with Gasteiger partial charge in [-0.2, -0.15) is 0 Å². The molecule has 0 spiro atoms. The maximum Gasteiger partial charge on any atom is 0.217 e. The lowest BCUT2D eigenvalue weighted by Crippen LogP contribution is -2.46. The number of rotatable bonds is 10. The fourth-order valence-corrected chi connectivity index (χ4v) is 5.19. The van der Waals surface area contributed by atoms with Crippen LogP contribution in [0.3, 0.4) is 0 Å². The summed E-state index contributed by atoms with van der Waals surface area (Å²) in [5.41, 5.74) is 2.29. The number of likely N-dealkylation sites (N-methyl/N-ethyl adjacent to an activating group) is 2. The highest BCUT2D eigenvalue weighted by Gasteiger charge is 2.43. The van der Waals surface area contributed by atoms with Crippen molar-refractivity contribution >= 4 is 26.8 Å². The molecule has 0 amide bonds. The minimum absolute atomic E-state index is 0.422. The van der Waals surface area contributed by atoms with Gasteiger partial charge in [-0.25, -0.2) is 4.98 Å². The Morgan fingerprint density at radius 2 is 1.58 bits per heavy atom. The van der Waals surface area contributed by atoms with E-state index in [1.165, 1.54) is 0 Å². The molecule has 0 fully saturated rings. The monoisotopic (exact) mass is 547 g/mol. The molecule has 0 radical (unpaired) electrons. The highest BCUT2D eigenvalue weighted by atomic mass is 79.9. The van der Waals surface area contributed by atoms with Crippen molar-refractivity contribution in [2.45, 2.75) is 11.5 Å². The minimum atomic E-state index is -1.25. The minimum Gasteiger partial charge on any atom is -0.481 e. The lowest BCUT2D eigenvalue weighted by atomic mass is 9.73. The average molecular weight is 549 g/mol. The number of halogens is 1. The van der Waals surface area contributed by atoms with Gasteiger partial charge in [-0.05, 0) is 56.5 Å². The molecular weight excluding hydrogens is 514 g/mol. The van der Waals surface area contributed by atoms with Crippen molar-refractivity contribution < 1.29 is 9.84 Å². The molecule has 0 aliphatic carbocycles. The largest absolute Gasteiger partial charge is 0.481 e. The van der Waals surface area contributed by atoms with Crippen LogP contribution in [-0.4, -0.2) is 67.8 Å². The van der Waals surface area contributed by atoms with Gasteiger partial charge >= 0.3 is 0 Å². The predicted molar refractivity (Wildman–Crippen MR) is 151 cm³/mol. The van der Waals surface area contributed by atoms with Crippen LogP contribution in [0.15, 0.2) is 89.4 Å². The van der Waals surface area contributed by atoms with Crippen LogP contribution < -0.4 is 4.74 Å². The first-order valence-corrected chi connectivity index (χ1v) is 12.9. The van der Waals surface area contributed by atoms with Gasteiger partial charge in [0, 0.05) is 41.0 Å². The van der Waals surface area contributed by atoms with E-state index in [0.717, 1.165) is 45.2 Å². The van der Waals surface area contributed by atoms with Gasteiger partial charge in [0.25, 0.3) is 0 Å². The Morgan fingerprint density at radius 1 is 0.917 bits per heavy atom. The highest BCUT2D eigenvalue weighted by Crippen LogP contribution is 2.46. The zero-order valence-corrected chi connectivity index (χ0v) is 22.9. The molecule has 2 atom stereocenters. The van der Waals surface area contributed by atoms with E-state index >= 15 is 0 Å². The number of ether oxygens (including phenoxy) is 1. The number of methoxy groups -OCH3 is 1. The molecule has 0 aliphatic heterocycles. The van der Waals surface area contributed by atoms with E-state index in [1.807, 2.05) is 60.7 Å². The lowest BCUT2D eigenvalue weighted by molar-refractivity contribution is -0.0111. The normalized spacial score (nSPS) is 14.2. The molecule has 5 nitrogen and oxygen atoms in total. The number of benzene rings is 3. The van der Waals surface area contributed by atoms with E-state index in [4.69, 9.17) is 9.72 Å². The summed E-state index contributed by atoms with van der Waals surface area (Å²) in [6.45, 7) is 2.15. The number of aromatic nitrogens is 1. The van der Waals surface area contributed by atoms with Crippen molar-refractivity contribution in [3.63, 3.8) is 0 Å². The Labute approximate surface area is 222 Å². The quantitative estimate of drug-likeness (QED) is 0.283. The van der Waals surface area contributed by atoms with Crippen LogP contribution in [0.2, 0.25) is 0 Å². The van der Waals surface area contributed by atoms with E-state index in [-0.39, 0.29) is 0 Å². The van der Waals surface area contributed by atoms with Gasteiger partial charge in [-0.15, -0.1) is 0 Å².